The monoisotopic (exact) mass is 378 g/mol. The predicted octanol–water partition coefficient (Wildman–Crippen LogP) is 1.83. The van der Waals surface area contributed by atoms with Gasteiger partial charge in [-0.05, 0) is 47.7 Å². The molecule has 0 heterocycles. The van der Waals surface area contributed by atoms with Crippen LogP contribution in [0.25, 0.3) is 0 Å². The molecule has 19 heavy (non-hydrogen) atoms. The molecule has 7 heteroatoms. The van der Waals surface area contributed by atoms with Crippen molar-refractivity contribution >= 4 is 40.3 Å². The van der Waals surface area contributed by atoms with Crippen molar-refractivity contribution in [3.05, 3.63) is 27.3 Å². The highest BCUT2D eigenvalue weighted by atomic mass is 127. The number of carboxylic acid groups (broad SMARTS) is 1. The van der Waals surface area contributed by atoms with Crippen LogP contribution >= 0.6 is 22.6 Å². The molecule has 0 aromatic heterocycles. The lowest BCUT2D eigenvalue weighted by Gasteiger charge is -2.23. The number of aliphatic hydroxyl groups is 1. The number of urea groups is 1. The quantitative estimate of drug-likeness (QED) is 0.698. The van der Waals surface area contributed by atoms with Crippen molar-refractivity contribution in [3.63, 3.8) is 0 Å². The van der Waals surface area contributed by atoms with Crippen molar-refractivity contribution in [1.29, 1.82) is 0 Å². The second-order valence-corrected chi connectivity index (χ2v) is 5.31. The number of nitrogens with one attached hydrogen (secondary N) is 1. The van der Waals surface area contributed by atoms with Crippen LogP contribution < -0.4 is 5.32 Å². The van der Waals surface area contributed by atoms with Gasteiger partial charge in [0.2, 0.25) is 0 Å². The average molecular weight is 378 g/mol. The Balaban J connectivity index is 2.94. The van der Waals surface area contributed by atoms with Gasteiger partial charge >= 0.3 is 12.0 Å². The Morgan fingerprint density at radius 3 is 2.63 bits per heavy atom. The molecule has 0 spiro atoms. The van der Waals surface area contributed by atoms with Crippen molar-refractivity contribution in [3.8, 4) is 0 Å². The number of amides is 2. The van der Waals surface area contributed by atoms with Crippen LogP contribution in [0.5, 0.6) is 0 Å². The number of benzene rings is 1. The standard InChI is InChI=1S/C12H15IN2O4/c1-7(6-16)15(2)12(19)14-10-4-3-8(13)5-9(10)11(17)18/h3-5,7,16H,6H2,1-2H3,(H,14,19)(H,17,18). The maximum Gasteiger partial charge on any atom is 0.337 e. The number of anilines is 1. The number of aliphatic hydroxyl groups excluding tert-OH is 1. The van der Waals surface area contributed by atoms with E-state index < -0.39 is 12.0 Å². The molecule has 1 aromatic carbocycles. The molecule has 104 valence electrons. The number of nitrogens with zero attached hydrogens (tertiary/aromatic N) is 1. The van der Waals surface area contributed by atoms with Crippen molar-refractivity contribution in [1.82, 2.24) is 4.90 Å². The Bertz CT molecular complexity index is 493. The fourth-order valence-electron chi connectivity index (χ4n) is 1.33. The van der Waals surface area contributed by atoms with Crippen LogP contribution in [-0.2, 0) is 0 Å². The van der Waals surface area contributed by atoms with Crippen LogP contribution in [0.1, 0.15) is 17.3 Å². The molecule has 0 bridgehead atoms. The molecule has 1 unspecified atom stereocenters. The van der Waals surface area contributed by atoms with Gasteiger partial charge in [-0.2, -0.15) is 0 Å². The Kier molecular flexibility index (Phi) is 5.55. The van der Waals surface area contributed by atoms with E-state index in [4.69, 9.17) is 10.2 Å². The molecule has 2 amide bonds. The lowest BCUT2D eigenvalue weighted by atomic mass is 10.2. The zero-order valence-electron chi connectivity index (χ0n) is 10.6. The van der Waals surface area contributed by atoms with E-state index in [1.165, 1.54) is 18.0 Å². The minimum atomic E-state index is -1.10. The number of rotatable bonds is 4. The van der Waals surface area contributed by atoms with Crippen molar-refractivity contribution < 1.29 is 19.8 Å². The minimum absolute atomic E-state index is 0.0327. The number of hydrogen-bond acceptors (Lipinski definition) is 3. The number of carbonyl (C=O) groups excluding carboxylic acids is 1. The summed E-state index contributed by atoms with van der Waals surface area (Å²) in [5.41, 5.74) is 0.264. The lowest BCUT2D eigenvalue weighted by molar-refractivity contribution is 0.0698. The molecular formula is C12H15IN2O4. The highest BCUT2D eigenvalue weighted by Gasteiger charge is 2.18. The molecule has 1 rings (SSSR count). The van der Waals surface area contributed by atoms with E-state index in [1.807, 2.05) is 22.6 Å². The highest BCUT2D eigenvalue weighted by molar-refractivity contribution is 14.1. The summed E-state index contributed by atoms with van der Waals surface area (Å²) >= 11 is 2.00. The van der Waals surface area contributed by atoms with Crippen molar-refractivity contribution in [2.24, 2.45) is 0 Å². The molecule has 6 nitrogen and oxygen atoms in total. The third-order valence-electron chi connectivity index (χ3n) is 2.70. The van der Waals surface area contributed by atoms with Gasteiger partial charge in [-0.3, -0.25) is 0 Å². The molecule has 0 saturated heterocycles. The number of carbonyl (C=O) groups is 2. The van der Waals surface area contributed by atoms with Gasteiger partial charge in [0.15, 0.2) is 0 Å². The minimum Gasteiger partial charge on any atom is -0.478 e. The van der Waals surface area contributed by atoms with Crippen LogP contribution in [0.3, 0.4) is 0 Å². The van der Waals surface area contributed by atoms with Crippen LogP contribution in [-0.4, -0.2) is 46.8 Å². The Labute approximate surface area is 124 Å². The fraction of sp³-hybridized carbons (Fsp3) is 0.333. The van der Waals surface area contributed by atoms with Crippen LogP contribution in [0, 0.1) is 3.57 Å². The first-order chi connectivity index (χ1) is 8.86. The van der Waals surface area contributed by atoms with E-state index in [1.54, 1.807) is 19.1 Å². The number of aromatic carboxylic acids is 1. The van der Waals surface area contributed by atoms with E-state index in [0.29, 0.717) is 0 Å². The fourth-order valence-corrected chi connectivity index (χ4v) is 1.82. The summed E-state index contributed by atoms with van der Waals surface area (Å²) in [6.07, 6.45) is 0. The second-order valence-electron chi connectivity index (χ2n) is 4.07. The summed E-state index contributed by atoms with van der Waals surface area (Å²) in [4.78, 5) is 24.3. The zero-order chi connectivity index (χ0) is 14.6. The van der Waals surface area contributed by atoms with Gasteiger partial charge in [0.25, 0.3) is 0 Å². The molecule has 0 aliphatic heterocycles. The van der Waals surface area contributed by atoms with Gasteiger partial charge in [0.1, 0.15) is 0 Å². The van der Waals surface area contributed by atoms with Gasteiger partial charge in [-0.25, -0.2) is 9.59 Å². The van der Waals surface area contributed by atoms with Crippen LogP contribution in [0.2, 0.25) is 0 Å². The number of hydrogen-bond donors (Lipinski definition) is 3. The lowest BCUT2D eigenvalue weighted by Crippen LogP contribution is -2.40. The molecule has 0 fully saturated rings. The summed E-state index contributed by atoms with van der Waals surface area (Å²) in [7, 11) is 1.53. The maximum absolute atomic E-state index is 11.9. The van der Waals surface area contributed by atoms with Crippen molar-refractivity contribution in [2.45, 2.75) is 13.0 Å². The molecule has 0 aliphatic rings. The average Bonchev–Trinajstić information content (AvgIpc) is 2.38. The van der Waals surface area contributed by atoms with E-state index >= 15 is 0 Å². The second kappa shape index (κ2) is 6.71. The summed E-state index contributed by atoms with van der Waals surface area (Å²) in [6, 6.07) is 3.91. The summed E-state index contributed by atoms with van der Waals surface area (Å²) in [5, 5.41) is 20.6. The first kappa shape index (κ1) is 15.7. The van der Waals surface area contributed by atoms with Crippen LogP contribution in [0.4, 0.5) is 10.5 Å². The maximum atomic E-state index is 11.9. The molecular weight excluding hydrogens is 363 g/mol. The molecule has 1 atom stereocenters. The van der Waals surface area contributed by atoms with E-state index in [-0.39, 0.29) is 23.9 Å². The normalized spacial score (nSPS) is 11.8. The zero-order valence-corrected chi connectivity index (χ0v) is 12.7. The summed E-state index contributed by atoms with van der Waals surface area (Å²) in [6.45, 7) is 1.52. The molecule has 3 N–H and O–H groups in total. The van der Waals surface area contributed by atoms with Gasteiger partial charge in [0, 0.05) is 10.6 Å². The first-order valence-corrected chi connectivity index (χ1v) is 6.62. The van der Waals surface area contributed by atoms with E-state index in [0.717, 1.165) is 3.57 Å². The highest BCUT2D eigenvalue weighted by Crippen LogP contribution is 2.19. The largest absolute Gasteiger partial charge is 0.478 e. The van der Waals surface area contributed by atoms with E-state index in [2.05, 4.69) is 5.32 Å². The SMILES string of the molecule is CC(CO)N(C)C(=O)Nc1ccc(I)cc1C(=O)O. The Morgan fingerprint density at radius 2 is 2.11 bits per heavy atom. The van der Waals surface area contributed by atoms with Gasteiger partial charge < -0.3 is 20.4 Å². The van der Waals surface area contributed by atoms with Crippen molar-refractivity contribution in [2.75, 3.05) is 19.0 Å². The first-order valence-electron chi connectivity index (χ1n) is 5.54. The molecule has 0 saturated carbocycles. The van der Waals surface area contributed by atoms with Crippen LogP contribution in [0.15, 0.2) is 18.2 Å². The summed E-state index contributed by atoms with van der Waals surface area (Å²) in [5.74, 6) is -1.10. The number of halogens is 1. The predicted molar refractivity (Wildman–Crippen MR) is 79.4 cm³/mol. The van der Waals surface area contributed by atoms with Gasteiger partial charge in [0.05, 0.1) is 23.9 Å². The topological polar surface area (TPSA) is 89.9 Å². The number of carboxylic acids is 1. The smallest absolute Gasteiger partial charge is 0.337 e. The van der Waals surface area contributed by atoms with Gasteiger partial charge in [-0.1, -0.05) is 0 Å². The van der Waals surface area contributed by atoms with E-state index in [9.17, 15) is 9.59 Å². The third kappa shape index (κ3) is 4.06. The summed E-state index contributed by atoms with van der Waals surface area (Å²) < 4.78 is 0.769. The third-order valence-corrected chi connectivity index (χ3v) is 3.37. The Hall–Kier alpha value is -1.35. The molecule has 0 aliphatic carbocycles. The Morgan fingerprint density at radius 1 is 1.47 bits per heavy atom. The molecule has 0 radical (unpaired) electrons. The van der Waals surface area contributed by atoms with Gasteiger partial charge in [-0.15, -0.1) is 0 Å². The molecule has 1 aromatic rings. The number of likely N-dealkylation sites (N-methyl/N-ethyl adjacent to an activating group) is 1.